The van der Waals surface area contributed by atoms with E-state index in [9.17, 15) is 24.0 Å². The van der Waals surface area contributed by atoms with Crippen LogP contribution >= 0.6 is 0 Å². The Labute approximate surface area is 240 Å². The maximum Gasteiger partial charge on any atom is 0.417 e. The Bertz CT molecular complexity index is 1160. The van der Waals surface area contributed by atoms with Gasteiger partial charge in [-0.3, -0.25) is 19.2 Å². The molecule has 2 rings (SSSR count). The van der Waals surface area contributed by atoms with Crippen molar-refractivity contribution in [3.8, 4) is 0 Å². The molecule has 1 heterocycles. The Morgan fingerprint density at radius 1 is 1.15 bits per heavy atom. The zero-order chi connectivity index (χ0) is 30.9. The monoisotopic (exact) mass is 575 g/mol. The predicted octanol–water partition coefficient (Wildman–Crippen LogP) is 3.03. The first-order valence-electron chi connectivity index (χ1n) is 13.6. The van der Waals surface area contributed by atoms with Gasteiger partial charge in [0.15, 0.2) is 23.8 Å². The van der Waals surface area contributed by atoms with Gasteiger partial charge < -0.3 is 24.1 Å². The molecular formula is C30H41NO10. The van der Waals surface area contributed by atoms with Crippen LogP contribution in [0, 0.1) is 12.8 Å². The third-order valence-corrected chi connectivity index (χ3v) is 6.60. The fourth-order valence-corrected chi connectivity index (χ4v) is 5.02. The van der Waals surface area contributed by atoms with Gasteiger partial charge >= 0.3 is 12.1 Å². The van der Waals surface area contributed by atoms with Crippen molar-refractivity contribution in [1.29, 1.82) is 0 Å². The number of methoxy groups -OCH3 is 1. The molecule has 0 radical (unpaired) electrons. The second-order valence-corrected chi connectivity index (χ2v) is 10.7. The Morgan fingerprint density at radius 2 is 1.83 bits per heavy atom. The van der Waals surface area contributed by atoms with Crippen molar-refractivity contribution in [3.05, 3.63) is 41.5 Å². The average Bonchev–Trinajstić information content (AvgIpc) is 3.14. The van der Waals surface area contributed by atoms with Crippen molar-refractivity contribution in [3.63, 3.8) is 0 Å². The van der Waals surface area contributed by atoms with Crippen LogP contribution in [0.1, 0.15) is 58.6 Å². The molecule has 3 atom stereocenters. The largest absolute Gasteiger partial charge is 0.451 e. The molecule has 11 nitrogen and oxygen atoms in total. The van der Waals surface area contributed by atoms with E-state index in [1.807, 2.05) is 26.8 Å². The molecule has 1 N–H and O–H groups in total. The van der Waals surface area contributed by atoms with Crippen molar-refractivity contribution in [2.45, 2.75) is 78.2 Å². The quantitative estimate of drug-likeness (QED) is 0.188. The molecule has 1 aliphatic rings. The number of benzene rings is 1. The fraction of sp³-hybridized carbons (Fsp3) is 0.567. The maximum absolute atomic E-state index is 13.7. The highest BCUT2D eigenvalue weighted by atomic mass is 16.6. The van der Waals surface area contributed by atoms with Crippen molar-refractivity contribution in [2.75, 3.05) is 26.9 Å². The predicted molar refractivity (Wildman–Crippen MR) is 149 cm³/mol. The van der Waals surface area contributed by atoms with Gasteiger partial charge in [0.2, 0.25) is 0 Å². The van der Waals surface area contributed by atoms with Crippen LogP contribution < -0.4 is 0 Å². The van der Waals surface area contributed by atoms with E-state index in [2.05, 4.69) is 0 Å². The summed E-state index contributed by atoms with van der Waals surface area (Å²) in [7, 11) is 1.16. The van der Waals surface area contributed by atoms with Crippen LogP contribution in [0.5, 0.6) is 0 Å². The van der Waals surface area contributed by atoms with Crippen LogP contribution in [0.3, 0.4) is 0 Å². The molecule has 1 saturated heterocycles. The molecule has 1 fully saturated rings. The van der Waals surface area contributed by atoms with Gasteiger partial charge in [0, 0.05) is 32.6 Å². The summed E-state index contributed by atoms with van der Waals surface area (Å²) in [4.78, 5) is 66.4. The van der Waals surface area contributed by atoms with E-state index in [-0.39, 0.29) is 43.5 Å². The topological polar surface area (TPSA) is 146 Å². The van der Waals surface area contributed by atoms with E-state index in [0.29, 0.717) is 12.0 Å². The molecular weight excluding hydrogens is 534 g/mol. The van der Waals surface area contributed by atoms with Crippen molar-refractivity contribution < 1.29 is 48.0 Å². The van der Waals surface area contributed by atoms with Gasteiger partial charge in [0.05, 0.1) is 19.3 Å². The number of ketones is 2. The number of carbonyl (C=O) groups excluding carboxylic acids is 5. The number of nitrogens with zero attached hydrogens (tertiary/aromatic N) is 1. The number of rotatable bonds is 15. The highest BCUT2D eigenvalue weighted by Gasteiger charge is 2.54. The molecule has 0 bridgehead atoms. The van der Waals surface area contributed by atoms with Crippen LogP contribution in [-0.4, -0.2) is 90.3 Å². The zero-order valence-corrected chi connectivity index (χ0v) is 24.8. The molecule has 11 heteroatoms. The summed E-state index contributed by atoms with van der Waals surface area (Å²) in [6.07, 6.45) is -2.95. The van der Waals surface area contributed by atoms with Gasteiger partial charge in [0.25, 0.3) is 5.91 Å². The number of Topliss-reactive ketones (excluding diaryl/α,β-unsaturated/α-hetero) is 1. The standard InChI is InChI=1S/C30H41NO10/c1-18(2)27-30(5,6)41-29(37)31(27)28(36)26(38-7)25(40-20(4)33)24(35)17-22(21-11-8-10-19(3)16-21)23(34)12-9-14-39-15-13-32/h8,10-11,16-18,25-27,32H,9,12-15H2,1-7H3. The molecule has 226 valence electrons. The van der Waals surface area contributed by atoms with Crippen LogP contribution in [0.2, 0.25) is 0 Å². The summed E-state index contributed by atoms with van der Waals surface area (Å²) in [6.45, 7) is 10.1. The number of cyclic esters (lactones) is 1. The summed E-state index contributed by atoms with van der Waals surface area (Å²) in [5.41, 5.74) is 0.357. The minimum atomic E-state index is -1.78. The fourth-order valence-electron chi connectivity index (χ4n) is 5.02. The normalized spacial score (nSPS) is 18.2. The number of aliphatic hydroxyl groups excluding tert-OH is 1. The average molecular weight is 576 g/mol. The first-order valence-corrected chi connectivity index (χ1v) is 13.6. The molecule has 2 amide bonds. The molecule has 0 aromatic heterocycles. The molecule has 3 unspecified atom stereocenters. The molecule has 0 aliphatic carbocycles. The molecule has 41 heavy (non-hydrogen) atoms. The molecule has 1 aliphatic heterocycles. The lowest BCUT2D eigenvalue weighted by atomic mass is 9.88. The number of esters is 1. The van der Waals surface area contributed by atoms with E-state index in [0.717, 1.165) is 30.6 Å². The number of hydrogen-bond donors (Lipinski definition) is 1. The zero-order valence-electron chi connectivity index (χ0n) is 24.8. The Hall–Kier alpha value is -3.41. The Kier molecular flexibility index (Phi) is 12.4. The van der Waals surface area contributed by atoms with Crippen LogP contribution in [0.4, 0.5) is 4.79 Å². The minimum absolute atomic E-state index is 0.0358. The number of allylic oxidation sites excluding steroid dienone is 1. The second kappa shape index (κ2) is 15.0. The first-order chi connectivity index (χ1) is 19.2. The number of ether oxygens (including phenoxy) is 4. The van der Waals surface area contributed by atoms with E-state index < -0.39 is 47.6 Å². The van der Waals surface area contributed by atoms with E-state index in [1.165, 1.54) is 0 Å². The number of aryl methyl sites for hydroxylation is 1. The SMILES string of the molecule is COC(C(=O)N1C(=O)OC(C)(C)C1C(C)C)C(OC(C)=O)C(=O)C=C(C(=O)CCCOCCO)c1cccc(C)c1. The number of hydrogen-bond acceptors (Lipinski definition) is 10. The highest BCUT2D eigenvalue weighted by molar-refractivity contribution is 6.25. The number of amides is 2. The lowest BCUT2D eigenvalue weighted by molar-refractivity contribution is -0.166. The van der Waals surface area contributed by atoms with Gasteiger partial charge in [-0.1, -0.05) is 43.7 Å². The molecule has 0 spiro atoms. The second-order valence-electron chi connectivity index (χ2n) is 10.7. The van der Waals surface area contributed by atoms with Crippen LogP contribution in [0.25, 0.3) is 5.57 Å². The minimum Gasteiger partial charge on any atom is -0.451 e. The van der Waals surface area contributed by atoms with Gasteiger partial charge in [-0.05, 0) is 44.7 Å². The maximum atomic E-state index is 13.7. The van der Waals surface area contributed by atoms with Crippen molar-refractivity contribution >= 4 is 35.1 Å². The van der Waals surface area contributed by atoms with Crippen LogP contribution in [0.15, 0.2) is 30.3 Å². The van der Waals surface area contributed by atoms with E-state index in [4.69, 9.17) is 24.1 Å². The smallest absolute Gasteiger partial charge is 0.417 e. The molecule has 0 saturated carbocycles. The summed E-state index contributed by atoms with van der Waals surface area (Å²) in [6, 6.07) is 6.29. The lowest BCUT2D eigenvalue weighted by Gasteiger charge is -2.33. The van der Waals surface area contributed by atoms with Crippen LogP contribution in [-0.2, 0) is 38.1 Å². The van der Waals surface area contributed by atoms with Crippen molar-refractivity contribution in [2.24, 2.45) is 5.92 Å². The molecule has 1 aromatic carbocycles. The summed E-state index contributed by atoms with van der Waals surface area (Å²) in [5.74, 6) is -3.20. The first kappa shape index (κ1) is 33.8. The number of aliphatic hydroxyl groups is 1. The van der Waals surface area contributed by atoms with E-state index in [1.54, 1.807) is 32.0 Å². The number of imide groups is 1. The van der Waals surface area contributed by atoms with Gasteiger partial charge in [-0.2, -0.15) is 0 Å². The summed E-state index contributed by atoms with van der Waals surface area (Å²) < 4.78 is 21.3. The molecule has 1 aromatic rings. The summed E-state index contributed by atoms with van der Waals surface area (Å²) >= 11 is 0. The Morgan fingerprint density at radius 3 is 2.39 bits per heavy atom. The van der Waals surface area contributed by atoms with Gasteiger partial charge in [-0.15, -0.1) is 0 Å². The van der Waals surface area contributed by atoms with Gasteiger partial charge in [0.1, 0.15) is 5.60 Å². The highest BCUT2D eigenvalue weighted by Crippen LogP contribution is 2.35. The summed E-state index contributed by atoms with van der Waals surface area (Å²) in [5, 5.41) is 8.87. The Balaban J connectivity index is 2.49. The third kappa shape index (κ3) is 8.79. The third-order valence-electron chi connectivity index (χ3n) is 6.60. The lowest BCUT2D eigenvalue weighted by Crippen LogP contribution is -2.55. The number of carbonyl (C=O) groups is 5. The van der Waals surface area contributed by atoms with E-state index >= 15 is 0 Å². The van der Waals surface area contributed by atoms with Gasteiger partial charge in [-0.25, -0.2) is 9.69 Å². The van der Waals surface area contributed by atoms with Crippen molar-refractivity contribution in [1.82, 2.24) is 4.90 Å².